The first-order chi connectivity index (χ1) is 23.3. The van der Waals surface area contributed by atoms with E-state index in [1.165, 1.54) is 50.5 Å². The fourth-order valence-electron chi connectivity index (χ4n) is 9.94. The molecule has 4 nitrogen and oxygen atoms in total. The summed E-state index contributed by atoms with van der Waals surface area (Å²) in [6.07, 6.45) is 19.0. The zero-order chi connectivity index (χ0) is 33.9. The Morgan fingerprint density at radius 3 is 2.33 bits per heavy atom. The van der Waals surface area contributed by atoms with Crippen LogP contribution in [-0.2, 0) is 17.8 Å². The average molecular weight is 662 g/mol. The number of carbonyl (C=O) groups excluding carboxylic acids is 1. The number of amides is 1. The largest absolute Gasteiger partial charge is 0.508 e. The molecule has 48 heavy (non-hydrogen) atoms. The summed E-state index contributed by atoms with van der Waals surface area (Å²) in [5.74, 6) is 1.38. The number of fused-ring (bicyclic) bond motifs is 5. The molecule has 2 aromatic carbocycles. The van der Waals surface area contributed by atoms with Crippen molar-refractivity contribution in [1.29, 1.82) is 0 Å². The van der Waals surface area contributed by atoms with E-state index >= 15 is 4.39 Å². The molecule has 0 bridgehead atoms. The second-order valence-electron chi connectivity index (χ2n) is 16.0. The molecule has 0 aromatic heterocycles. The van der Waals surface area contributed by atoms with Gasteiger partial charge in [-0.2, -0.15) is 0 Å². The molecule has 0 heterocycles. The molecule has 5 heteroatoms. The van der Waals surface area contributed by atoms with Crippen molar-refractivity contribution in [2.24, 2.45) is 23.2 Å². The minimum absolute atomic E-state index is 0.133. The lowest BCUT2D eigenvalue weighted by molar-refractivity contribution is -0.132. The number of benzene rings is 2. The number of rotatable bonds is 19. The fraction of sp³-hybridized carbons (Fsp3) is 0.698. The van der Waals surface area contributed by atoms with Gasteiger partial charge in [-0.1, -0.05) is 121 Å². The smallest absolute Gasteiger partial charge is 0.222 e. The van der Waals surface area contributed by atoms with Gasteiger partial charge >= 0.3 is 0 Å². The molecule has 2 fully saturated rings. The highest BCUT2D eigenvalue weighted by atomic mass is 19.1. The average Bonchev–Trinajstić information content (AvgIpc) is 3.37. The first-order valence-electron chi connectivity index (χ1n) is 19.8. The predicted molar refractivity (Wildman–Crippen MR) is 195 cm³/mol. The predicted octanol–water partition coefficient (Wildman–Crippen LogP) is 10.7. The van der Waals surface area contributed by atoms with Crippen molar-refractivity contribution < 1.29 is 19.4 Å². The van der Waals surface area contributed by atoms with Crippen LogP contribution in [-0.4, -0.2) is 39.8 Å². The summed E-state index contributed by atoms with van der Waals surface area (Å²) in [6.45, 7) is 5.88. The summed E-state index contributed by atoms with van der Waals surface area (Å²) in [6, 6.07) is 16.0. The molecule has 0 spiro atoms. The number of phenolic OH excluding ortho intramolecular Hbond substituents is 1. The first kappa shape index (κ1) is 36.9. The molecule has 0 radical (unpaired) electrons. The van der Waals surface area contributed by atoms with Gasteiger partial charge in [0.2, 0.25) is 5.91 Å². The molecule has 2 aromatic rings. The quantitative estimate of drug-likeness (QED) is 0.147. The second-order valence-corrected chi connectivity index (χ2v) is 16.0. The summed E-state index contributed by atoms with van der Waals surface area (Å²) in [7, 11) is 0. The fourth-order valence-corrected chi connectivity index (χ4v) is 9.94. The minimum Gasteiger partial charge on any atom is -0.508 e. The van der Waals surface area contributed by atoms with Gasteiger partial charge in [-0.15, -0.1) is 0 Å². The van der Waals surface area contributed by atoms with Gasteiger partial charge in [0, 0.05) is 25.4 Å². The highest BCUT2D eigenvalue weighted by Gasteiger charge is 2.59. The molecule has 7 atom stereocenters. The third-order valence-electron chi connectivity index (χ3n) is 12.6. The number of carbonyl (C=O) groups is 1. The topological polar surface area (TPSA) is 60.8 Å². The van der Waals surface area contributed by atoms with Crippen LogP contribution in [0.3, 0.4) is 0 Å². The maximum Gasteiger partial charge on any atom is 0.222 e. The third-order valence-corrected chi connectivity index (χ3v) is 12.6. The van der Waals surface area contributed by atoms with Gasteiger partial charge in [-0.3, -0.25) is 4.79 Å². The zero-order valence-corrected chi connectivity index (χ0v) is 30.1. The van der Waals surface area contributed by atoms with Crippen molar-refractivity contribution in [1.82, 2.24) is 4.90 Å². The summed E-state index contributed by atoms with van der Waals surface area (Å²) in [4.78, 5) is 15.5. The SMILES string of the molecule is CCCCCCCCCCCC(=O)N(CCCCCC[C@@H]1Cc2cc(O)ccc2C2C1C1CC[C@H](O)[C@@]1(C)C[C@@H]2F)Cc1ccccc1. The summed E-state index contributed by atoms with van der Waals surface area (Å²) < 4.78 is 16.1. The van der Waals surface area contributed by atoms with Gasteiger partial charge in [0.05, 0.1) is 6.10 Å². The molecule has 0 aliphatic heterocycles. The van der Waals surface area contributed by atoms with Gasteiger partial charge in [0.15, 0.2) is 0 Å². The molecule has 1 amide bonds. The van der Waals surface area contributed by atoms with E-state index in [1.807, 2.05) is 18.2 Å². The Hall–Kier alpha value is -2.40. The number of alkyl halides is 1. The number of aromatic hydroxyl groups is 1. The van der Waals surface area contributed by atoms with Crippen molar-refractivity contribution in [3.63, 3.8) is 0 Å². The zero-order valence-electron chi connectivity index (χ0n) is 30.1. The summed E-state index contributed by atoms with van der Waals surface area (Å²) in [5.41, 5.74) is 3.07. The molecular weight excluding hydrogens is 597 g/mol. The van der Waals surface area contributed by atoms with Gasteiger partial charge in [0.25, 0.3) is 0 Å². The Labute approximate surface area is 290 Å². The van der Waals surface area contributed by atoms with Crippen LogP contribution in [0.25, 0.3) is 0 Å². The Morgan fingerprint density at radius 2 is 1.58 bits per heavy atom. The standard InChI is InChI=1S/C43H64FNO3/c1-3-4-5-6-7-8-9-10-17-22-40(48)45(31-32-19-14-13-15-20-32)27-18-12-11-16-21-33-28-34-29-35(46)23-24-36(34)42-38(44)30-43(2)37(41(33)42)25-26-39(43)47/h13-15,19-20,23-24,29,33,37-39,41-42,46-47H,3-12,16-18,21-22,25-28,30-31H2,1-2H3/t33-,37?,38+,39+,41?,42?,43+/m1/s1. The summed E-state index contributed by atoms with van der Waals surface area (Å²) in [5, 5.41) is 21.2. The number of nitrogens with zero attached hydrogens (tertiary/aromatic N) is 1. The van der Waals surface area contributed by atoms with Gasteiger partial charge in [-0.25, -0.2) is 4.39 Å². The van der Waals surface area contributed by atoms with Crippen molar-refractivity contribution in [2.75, 3.05) is 6.54 Å². The molecule has 266 valence electrons. The lowest BCUT2D eigenvalue weighted by Gasteiger charge is -2.54. The van der Waals surface area contributed by atoms with Crippen molar-refractivity contribution >= 4 is 5.91 Å². The number of aliphatic hydroxyl groups is 1. The minimum atomic E-state index is -0.959. The second kappa shape index (κ2) is 18.0. The third kappa shape index (κ3) is 9.23. The van der Waals surface area contributed by atoms with Gasteiger partial charge in [-0.05, 0) is 96.9 Å². The molecule has 3 aliphatic rings. The van der Waals surface area contributed by atoms with Crippen LogP contribution in [0.1, 0.15) is 152 Å². The molecule has 5 rings (SSSR count). The van der Waals surface area contributed by atoms with Gasteiger partial charge in [0.1, 0.15) is 11.9 Å². The maximum absolute atomic E-state index is 16.1. The normalized spacial score (nSPS) is 27.7. The number of hydrogen-bond donors (Lipinski definition) is 2. The van der Waals surface area contributed by atoms with E-state index in [0.29, 0.717) is 31.2 Å². The Balaban J connectivity index is 1.11. The monoisotopic (exact) mass is 661 g/mol. The lowest BCUT2D eigenvalue weighted by Crippen LogP contribution is -2.51. The molecule has 3 unspecified atom stereocenters. The van der Waals surface area contributed by atoms with E-state index in [1.54, 1.807) is 6.07 Å². The van der Waals surface area contributed by atoms with Gasteiger partial charge < -0.3 is 15.1 Å². The molecule has 2 N–H and O–H groups in total. The lowest BCUT2D eigenvalue weighted by atomic mass is 9.51. The first-order valence-corrected chi connectivity index (χ1v) is 19.8. The number of hydrogen-bond acceptors (Lipinski definition) is 3. The Kier molecular flexibility index (Phi) is 13.8. The Bertz CT molecular complexity index is 1270. The molecule has 0 saturated heterocycles. The van der Waals surface area contributed by atoms with E-state index < -0.39 is 12.3 Å². The van der Waals surface area contributed by atoms with E-state index in [2.05, 4.69) is 43.0 Å². The van der Waals surface area contributed by atoms with Crippen LogP contribution in [0.2, 0.25) is 0 Å². The van der Waals surface area contributed by atoms with Crippen LogP contribution in [0.5, 0.6) is 5.75 Å². The maximum atomic E-state index is 16.1. The van der Waals surface area contributed by atoms with E-state index in [4.69, 9.17) is 0 Å². The Morgan fingerprint density at radius 1 is 0.896 bits per heavy atom. The van der Waals surface area contributed by atoms with Crippen molar-refractivity contribution in [3.05, 3.63) is 65.2 Å². The van der Waals surface area contributed by atoms with Crippen LogP contribution >= 0.6 is 0 Å². The number of halogens is 1. The van der Waals surface area contributed by atoms with Crippen LogP contribution < -0.4 is 0 Å². The number of aliphatic hydroxyl groups excluding tert-OH is 1. The summed E-state index contributed by atoms with van der Waals surface area (Å²) >= 11 is 0. The van der Waals surface area contributed by atoms with Crippen LogP contribution in [0, 0.1) is 23.2 Å². The van der Waals surface area contributed by atoms with Crippen molar-refractivity contribution in [2.45, 2.75) is 161 Å². The van der Waals surface area contributed by atoms with E-state index in [0.717, 1.165) is 81.9 Å². The number of phenols is 1. The molecule has 3 aliphatic carbocycles. The van der Waals surface area contributed by atoms with Crippen LogP contribution in [0.15, 0.2) is 48.5 Å². The van der Waals surface area contributed by atoms with Crippen LogP contribution in [0.4, 0.5) is 4.39 Å². The highest BCUT2D eigenvalue weighted by molar-refractivity contribution is 5.76. The highest BCUT2D eigenvalue weighted by Crippen LogP contribution is 2.63. The molecule has 2 saturated carbocycles. The number of unbranched alkanes of at least 4 members (excludes halogenated alkanes) is 11. The molecular formula is C43H64FNO3. The van der Waals surface area contributed by atoms with E-state index in [9.17, 15) is 15.0 Å². The van der Waals surface area contributed by atoms with E-state index in [-0.39, 0.29) is 28.9 Å². The van der Waals surface area contributed by atoms with Crippen molar-refractivity contribution in [3.8, 4) is 5.75 Å².